The van der Waals surface area contributed by atoms with Gasteiger partial charge >= 0.3 is 0 Å². The molecule has 2 aromatic carbocycles. The van der Waals surface area contributed by atoms with Crippen molar-refractivity contribution in [1.29, 1.82) is 5.26 Å². The first-order chi connectivity index (χ1) is 10.1. The summed E-state index contributed by atoms with van der Waals surface area (Å²) in [4.78, 5) is 0.296. The van der Waals surface area contributed by atoms with Gasteiger partial charge in [0.1, 0.15) is 0 Å². The van der Waals surface area contributed by atoms with Gasteiger partial charge in [-0.3, -0.25) is 0 Å². The van der Waals surface area contributed by atoms with E-state index in [-0.39, 0.29) is 5.92 Å². The normalized spacial score (nSPS) is 24.3. The Hall–Kier alpha value is -2.12. The van der Waals surface area contributed by atoms with Crippen molar-refractivity contribution >= 4 is 9.84 Å². The molecule has 0 aromatic heterocycles. The Morgan fingerprint density at radius 2 is 1.62 bits per heavy atom. The number of hydrogen-bond donors (Lipinski definition) is 0. The summed E-state index contributed by atoms with van der Waals surface area (Å²) in [7, 11) is -3.46. The molecule has 0 saturated heterocycles. The first kappa shape index (κ1) is 13.8. The molecule has 1 fully saturated rings. The van der Waals surface area contributed by atoms with Crippen LogP contribution in [0.3, 0.4) is 0 Å². The molecule has 106 valence electrons. The lowest BCUT2D eigenvalue weighted by atomic mass is 10.1. The van der Waals surface area contributed by atoms with Crippen LogP contribution >= 0.6 is 0 Å². The second-order valence-corrected chi connectivity index (χ2v) is 7.52. The molecule has 0 radical (unpaired) electrons. The smallest absolute Gasteiger partial charge is 0.183 e. The molecule has 0 heterocycles. The second kappa shape index (κ2) is 5.01. The Morgan fingerprint density at radius 3 is 2.19 bits per heavy atom. The van der Waals surface area contributed by atoms with Crippen LogP contribution in [0.2, 0.25) is 0 Å². The third-order valence-corrected chi connectivity index (χ3v) is 6.23. The molecular formula is C17H15NO2S. The Balaban J connectivity index is 1.96. The summed E-state index contributed by atoms with van der Waals surface area (Å²) in [6.07, 6.45) is 0. The molecule has 2 aromatic rings. The minimum absolute atomic E-state index is 0.221. The maximum Gasteiger partial charge on any atom is 0.183 e. The van der Waals surface area contributed by atoms with Gasteiger partial charge in [0.15, 0.2) is 9.84 Å². The fraction of sp³-hybridized carbons (Fsp3) is 0.235. The van der Waals surface area contributed by atoms with Crippen molar-refractivity contribution in [2.24, 2.45) is 5.92 Å². The van der Waals surface area contributed by atoms with Crippen molar-refractivity contribution in [2.45, 2.75) is 23.0 Å². The van der Waals surface area contributed by atoms with Crippen molar-refractivity contribution in [3.63, 3.8) is 0 Å². The standard InChI is InChI=1S/C17H15NO2S/c1-12-7-9-13(10-8-12)16-15(11-18)17(16)21(19,20)14-5-3-2-4-6-14/h2-10,15-17H,1H3/t15-,16-,17+/m1/s1. The topological polar surface area (TPSA) is 57.9 Å². The number of nitriles is 1. The summed E-state index contributed by atoms with van der Waals surface area (Å²) < 4.78 is 25.3. The Kier molecular flexibility index (Phi) is 3.30. The highest BCUT2D eigenvalue weighted by molar-refractivity contribution is 7.92. The fourth-order valence-electron chi connectivity index (χ4n) is 2.78. The predicted octanol–water partition coefficient (Wildman–Crippen LogP) is 3.07. The highest BCUT2D eigenvalue weighted by atomic mass is 32.2. The number of sulfone groups is 1. The highest BCUT2D eigenvalue weighted by Gasteiger charge is 2.59. The average molecular weight is 297 g/mol. The maximum absolute atomic E-state index is 12.7. The lowest BCUT2D eigenvalue weighted by Crippen LogP contribution is -2.10. The number of benzene rings is 2. The zero-order valence-corrected chi connectivity index (χ0v) is 12.4. The molecule has 1 aliphatic carbocycles. The van der Waals surface area contributed by atoms with E-state index in [9.17, 15) is 13.7 Å². The van der Waals surface area contributed by atoms with Crippen LogP contribution in [0.5, 0.6) is 0 Å². The van der Waals surface area contributed by atoms with Crippen LogP contribution in [0, 0.1) is 24.2 Å². The zero-order chi connectivity index (χ0) is 15.0. The van der Waals surface area contributed by atoms with Gasteiger partial charge in [-0.25, -0.2) is 8.42 Å². The molecule has 0 N–H and O–H groups in total. The summed E-state index contributed by atoms with van der Waals surface area (Å²) in [6.45, 7) is 1.98. The van der Waals surface area contributed by atoms with Gasteiger partial charge in [0.2, 0.25) is 0 Å². The zero-order valence-electron chi connectivity index (χ0n) is 11.6. The molecule has 1 saturated carbocycles. The first-order valence-electron chi connectivity index (χ1n) is 6.81. The van der Waals surface area contributed by atoms with Crippen LogP contribution in [0.25, 0.3) is 0 Å². The van der Waals surface area contributed by atoms with Crippen LogP contribution in [0.4, 0.5) is 0 Å². The lowest BCUT2D eigenvalue weighted by molar-refractivity contribution is 0.593. The van der Waals surface area contributed by atoms with E-state index >= 15 is 0 Å². The molecule has 1 aliphatic rings. The van der Waals surface area contributed by atoms with Gasteiger partial charge in [-0.05, 0) is 24.6 Å². The predicted molar refractivity (Wildman–Crippen MR) is 80.4 cm³/mol. The largest absolute Gasteiger partial charge is 0.223 e. The average Bonchev–Trinajstić information content (AvgIpc) is 3.24. The van der Waals surface area contributed by atoms with Crippen molar-refractivity contribution in [2.75, 3.05) is 0 Å². The van der Waals surface area contributed by atoms with E-state index < -0.39 is 21.0 Å². The molecule has 3 nitrogen and oxygen atoms in total. The van der Waals surface area contributed by atoms with E-state index in [1.165, 1.54) is 0 Å². The molecule has 0 spiro atoms. The van der Waals surface area contributed by atoms with Crippen LogP contribution in [-0.2, 0) is 9.84 Å². The number of rotatable bonds is 3. The highest BCUT2D eigenvalue weighted by Crippen LogP contribution is 2.53. The Labute approximate surface area is 124 Å². The molecular weight excluding hydrogens is 282 g/mol. The number of nitrogens with zero attached hydrogens (tertiary/aromatic N) is 1. The molecule has 4 heteroatoms. The van der Waals surface area contributed by atoms with E-state index in [0.717, 1.165) is 11.1 Å². The van der Waals surface area contributed by atoms with Crippen LogP contribution < -0.4 is 0 Å². The summed E-state index contributed by atoms with van der Waals surface area (Å²) in [5.74, 6) is -0.682. The van der Waals surface area contributed by atoms with Crippen molar-refractivity contribution in [3.8, 4) is 6.07 Å². The third kappa shape index (κ3) is 2.34. The SMILES string of the molecule is Cc1ccc([C@@H]2[C@@H](C#N)[C@@H]2S(=O)(=O)c2ccccc2)cc1. The quantitative estimate of drug-likeness (QED) is 0.874. The summed E-state index contributed by atoms with van der Waals surface area (Å²) in [5, 5.41) is 8.63. The number of aryl methyl sites for hydroxylation is 1. The molecule has 3 atom stereocenters. The van der Waals surface area contributed by atoms with E-state index in [4.69, 9.17) is 0 Å². The second-order valence-electron chi connectivity index (χ2n) is 5.41. The molecule has 0 aliphatic heterocycles. The minimum atomic E-state index is -3.46. The molecule has 21 heavy (non-hydrogen) atoms. The van der Waals surface area contributed by atoms with Gasteiger partial charge in [0, 0.05) is 5.92 Å². The van der Waals surface area contributed by atoms with Gasteiger partial charge < -0.3 is 0 Å². The van der Waals surface area contributed by atoms with E-state index in [1.54, 1.807) is 30.3 Å². The van der Waals surface area contributed by atoms with Crippen LogP contribution in [0.1, 0.15) is 17.0 Å². The summed E-state index contributed by atoms with van der Waals surface area (Å²) in [6, 6.07) is 18.3. The van der Waals surface area contributed by atoms with E-state index in [2.05, 4.69) is 6.07 Å². The van der Waals surface area contributed by atoms with Crippen LogP contribution in [-0.4, -0.2) is 13.7 Å². The Morgan fingerprint density at radius 1 is 1.00 bits per heavy atom. The van der Waals surface area contributed by atoms with Gasteiger partial charge in [0.05, 0.1) is 22.1 Å². The van der Waals surface area contributed by atoms with Crippen molar-refractivity contribution in [1.82, 2.24) is 0 Å². The Bertz CT molecular complexity index is 789. The minimum Gasteiger partial charge on any atom is -0.223 e. The molecule has 3 rings (SSSR count). The van der Waals surface area contributed by atoms with Crippen molar-refractivity contribution in [3.05, 3.63) is 65.7 Å². The summed E-state index contributed by atoms with van der Waals surface area (Å²) in [5.41, 5.74) is 2.05. The van der Waals surface area contributed by atoms with Gasteiger partial charge in [-0.15, -0.1) is 0 Å². The summed E-state index contributed by atoms with van der Waals surface area (Å²) >= 11 is 0. The van der Waals surface area contributed by atoms with Gasteiger partial charge in [-0.2, -0.15) is 5.26 Å². The van der Waals surface area contributed by atoms with E-state index in [0.29, 0.717) is 4.90 Å². The fourth-order valence-corrected chi connectivity index (χ4v) is 4.86. The first-order valence-corrected chi connectivity index (χ1v) is 8.35. The van der Waals surface area contributed by atoms with Gasteiger partial charge in [-0.1, -0.05) is 48.0 Å². The van der Waals surface area contributed by atoms with Crippen LogP contribution in [0.15, 0.2) is 59.5 Å². The monoisotopic (exact) mass is 297 g/mol. The molecule has 0 bridgehead atoms. The number of hydrogen-bond acceptors (Lipinski definition) is 3. The van der Waals surface area contributed by atoms with E-state index in [1.807, 2.05) is 31.2 Å². The molecule has 0 unspecified atom stereocenters. The third-order valence-electron chi connectivity index (χ3n) is 4.00. The van der Waals surface area contributed by atoms with Crippen molar-refractivity contribution < 1.29 is 8.42 Å². The molecule has 0 amide bonds. The van der Waals surface area contributed by atoms with Gasteiger partial charge in [0.25, 0.3) is 0 Å². The maximum atomic E-state index is 12.7. The lowest BCUT2D eigenvalue weighted by Gasteiger charge is -2.04.